The van der Waals surface area contributed by atoms with E-state index in [9.17, 15) is 4.79 Å². The van der Waals surface area contributed by atoms with E-state index in [4.69, 9.17) is 17.0 Å². The van der Waals surface area contributed by atoms with E-state index in [1.165, 1.54) is 36.1 Å². The van der Waals surface area contributed by atoms with Crippen LogP contribution in [0.1, 0.15) is 37.3 Å². The van der Waals surface area contributed by atoms with Crippen molar-refractivity contribution in [3.05, 3.63) is 23.3 Å². The van der Waals surface area contributed by atoms with E-state index in [2.05, 4.69) is 73.4 Å². The molecule has 1 aromatic carbocycles. The summed E-state index contributed by atoms with van der Waals surface area (Å²) < 4.78 is 5.46. The average molecular weight is 615 g/mol. The lowest BCUT2D eigenvalue weighted by Gasteiger charge is -2.32. The molecule has 5 nitrogen and oxygen atoms in total. The normalized spacial score (nSPS) is 19.3. The molecule has 1 unspecified atom stereocenters. The first-order chi connectivity index (χ1) is 13.0. The average Bonchev–Trinajstić information content (AvgIpc) is 3.03. The Labute approximate surface area is 190 Å². The Bertz CT molecular complexity index is 658. The summed E-state index contributed by atoms with van der Waals surface area (Å²) in [6.07, 6.45) is 3.38. The fourth-order valence-electron chi connectivity index (χ4n) is 3.80. The van der Waals surface area contributed by atoms with Crippen molar-refractivity contribution in [2.24, 2.45) is 0 Å². The van der Waals surface area contributed by atoms with Crippen LogP contribution in [0.5, 0.6) is 0 Å². The van der Waals surface area contributed by atoms with Gasteiger partial charge in [0, 0.05) is 61.7 Å². The second-order valence-corrected chi connectivity index (χ2v) is 7.64. The number of carbonyl (C=O) groups excluding carboxylic acids is 1. The van der Waals surface area contributed by atoms with Gasteiger partial charge in [0.1, 0.15) is 6.10 Å². The molecule has 0 saturated carbocycles. The largest absolute Gasteiger partial charge is 0.442 e. The number of carbonyl (C=O) groups is 1. The highest BCUT2D eigenvalue weighted by atomic mass is 128. The van der Waals surface area contributed by atoms with Gasteiger partial charge in [0.15, 0.2) is 0 Å². The van der Waals surface area contributed by atoms with Gasteiger partial charge in [0.05, 0.1) is 18.1 Å². The van der Waals surface area contributed by atoms with Crippen molar-refractivity contribution in [3.63, 3.8) is 0 Å². The highest BCUT2D eigenvalue weighted by Crippen LogP contribution is 2.33. The third kappa shape index (κ3) is 6.06. The maximum atomic E-state index is 12.3. The smallest absolute Gasteiger partial charge is 0.414 e. The summed E-state index contributed by atoms with van der Waals surface area (Å²) in [5.74, 6) is 0. The van der Waals surface area contributed by atoms with Gasteiger partial charge >= 0.3 is 6.09 Å². The molecule has 2 saturated heterocycles. The Balaban J connectivity index is 0.00000126. The molecule has 1 atom stereocenters. The number of nitrogens with one attached hydrogen (secondary N) is 1. The van der Waals surface area contributed by atoms with Gasteiger partial charge in [0.2, 0.25) is 0 Å². The molecule has 1 amide bonds. The zero-order valence-corrected chi connectivity index (χ0v) is 21.2. The van der Waals surface area contributed by atoms with E-state index in [0.717, 1.165) is 18.8 Å². The first-order valence-electron chi connectivity index (χ1n) is 9.19. The quantitative estimate of drug-likeness (QED) is 0.367. The van der Waals surface area contributed by atoms with Crippen LogP contribution in [0.4, 0.5) is 16.2 Å². The van der Waals surface area contributed by atoms with Crippen molar-refractivity contribution in [1.82, 2.24) is 5.32 Å². The number of amides is 1. The van der Waals surface area contributed by atoms with Crippen LogP contribution in [0.3, 0.4) is 0 Å². The lowest BCUT2D eigenvalue weighted by atomic mass is 10.0. The minimum atomic E-state index is -0.279. The van der Waals surface area contributed by atoms with Crippen LogP contribution in [-0.2, 0) is 4.74 Å². The molecule has 150 valence electrons. The van der Waals surface area contributed by atoms with Crippen LogP contribution in [0, 0.1) is 13.8 Å². The second kappa shape index (κ2) is 11.0. The summed E-state index contributed by atoms with van der Waals surface area (Å²) in [6.45, 7) is 9.45. The number of aryl methyl sites for hydroxylation is 2. The van der Waals surface area contributed by atoms with E-state index in [1.54, 1.807) is 4.90 Å². The number of nitrogens with zero attached hydrogens (tertiary/aromatic N) is 2. The van der Waals surface area contributed by atoms with Gasteiger partial charge in [-0.05, 0) is 63.3 Å². The number of benzene rings is 1. The SMILES string of the molecule is CC(=S)NCC1CN(c2cc(C)c(N3CCCCC3)c(C)c2)C(=O)O1.II. The number of thiocarbonyl (C=S) groups is 1. The number of piperidine rings is 1. The summed E-state index contributed by atoms with van der Waals surface area (Å²) in [5.41, 5.74) is 4.69. The van der Waals surface area contributed by atoms with E-state index in [-0.39, 0.29) is 12.2 Å². The molecule has 2 heterocycles. The Morgan fingerprint density at radius 1 is 1.22 bits per heavy atom. The summed E-state index contributed by atoms with van der Waals surface area (Å²) in [4.78, 5) is 17.2. The van der Waals surface area contributed by atoms with Crippen molar-refractivity contribution in [3.8, 4) is 0 Å². The molecule has 27 heavy (non-hydrogen) atoms. The monoisotopic (exact) mass is 615 g/mol. The second-order valence-electron chi connectivity index (χ2n) is 7.03. The summed E-state index contributed by atoms with van der Waals surface area (Å²) in [6, 6.07) is 4.22. The van der Waals surface area contributed by atoms with Crippen LogP contribution in [-0.4, -0.2) is 43.4 Å². The Kier molecular flexibility index (Phi) is 9.33. The number of ether oxygens (including phenoxy) is 1. The van der Waals surface area contributed by atoms with Gasteiger partial charge in [-0.15, -0.1) is 0 Å². The van der Waals surface area contributed by atoms with E-state index in [1.807, 2.05) is 6.92 Å². The lowest BCUT2D eigenvalue weighted by molar-refractivity contribution is 0.143. The number of cyclic esters (lactones) is 1. The molecule has 0 spiro atoms. The summed E-state index contributed by atoms with van der Waals surface area (Å²) in [7, 11) is 0. The standard InChI is InChI=1S/C19H27N3O2S.I2/c1-13-9-16(10-14(2)18(13)21-7-5-4-6-8-21)22-12-17(24-19(22)23)11-20-15(3)25;1-2/h9-10,17H,4-8,11-12H2,1-3H3,(H,20,25);. The van der Waals surface area contributed by atoms with Crippen molar-refractivity contribution in [2.45, 2.75) is 46.1 Å². The van der Waals surface area contributed by atoms with Crippen molar-refractivity contribution in [1.29, 1.82) is 0 Å². The van der Waals surface area contributed by atoms with Crippen LogP contribution in [0.2, 0.25) is 0 Å². The van der Waals surface area contributed by atoms with Crippen molar-refractivity contribution < 1.29 is 9.53 Å². The van der Waals surface area contributed by atoms with Gasteiger partial charge in [-0.3, -0.25) is 4.90 Å². The molecular formula is C19H27I2N3O2S. The molecular weight excluding hydrogens is 588 g/mol. The van der Waals surface area contributed by atoms with Gasteiger partial charge in [0.25, 0.3) is 0 Å². The molecule has 2 aliphatic rings. The summed E-state index contributed by atoms with van der Waals surface area (Å²) in [5, 5.41) is 3.08. The van der Waals surface area contributed by atoms with Crippen LogP contribution >= 0.6 is 49.4 Å². The molecule has 8 heteroatoms. The molecule has 0 aromatic heterocycles. The molecule has 3 rings (SSSR count). The molecule has 0 aliphatic carbocycles. The summed E-state index contributed by atoms with van der Waals surface area (Å²) >= 11 is 9.26. The highest BCUT2D eigenvalue weighted by Gasteiger charge is 2.32. The first-order valence-corrected chi connectivity index (χ1v) is 15.9. The molecule has 0 bridgehead atoms. The van der Waals surface area contributed by atoms with Crippen LogP contribution in [0.25, 0.3) is 0 Å². The Hall–Kier alpha value is -0.360. The number of halogens is 2. The Morgan fingerprint density at radius 3 is 2.37 bits per heavy atom. The van der Waals surface area contributed by atoms with Crippen LogP contribution < -0.4 is 15.1 Å². The topological polar surface area (TPSA) is 44.8 Å². The number of hydrogen-bond acceptors (Lipinski definition) is 4. The molecule has 1 aromatic rings. The van der Waals surface area contributed by atoms with Crippen LogP contribution in [0.15, 0.2) is 12.1 Å². The van der Waals surface area contributed by atoms with Gasteiger partial charge in [-0.1, -0.05) is 12.2 Å². The number of hydrogen-bond donors (Lipinski definition) is 1. The van der Waals surface area contributed by atoms with E-state index in [0.29, 0.717) is 18.1 Å². The number of rotatable bonds is 4. The van der Waals surface area contributed by atoms with Crippen molar-refractivity contribution >= 4 is 71.9 Å². The fraction of sp³-hybridized carbons (Fsp3) is 0.579. The predicted molar refractivity (Wildman–Crippen MR) is 134 cm³/mol. The fourth-order valence-corrected chi connectivity index (χ4v) is 3.88. The van der Waals surface area contributed by atoms with Gasteiger partial charge in [-0.25, -0.2) is 4.79 Å². The molecule has 2 fully saturated rings. The maximum absolute atomic E-state index is 12.3. The van der Waals surface area contributed by atoms with E-state index < -0.39 is 0 Å². The maximum Gasteiger partial charge on any atom is 0.414 e. The predicted octanol–water partition coefficient (Wildman–Crippen LogP) is 5.33. The third-order valence-corrected chi connectivity index (χ3v) is 5.06. The molecule has 2 aliphatic heterocycles. The molecule has 1 N–H and O–H groups in total. The minimum absolute atomic E-state index is 0.173. The zero-order valence-electron chi connectivity index (χ0n) is 16.1. The molecule has 0 radical (unpaired) electrons. The minimum Gasteiger partial charge on any atom is -0.442 e. The van der Waals surface area contributed by atoms with Gasteiger partial charge in [-0.2, -0.15) is 0 Å². The Morgan fingerprint density at radius 2 is 1.81 bits per heavy atom. The van der Waals surface area contributed by atoms with E-state index >= 15 is 0 Å². The van der Waals surface area contributed by atoms with Gasteiger partial charge < -0.3 is 15.0 Å². The number of anilines is 2. The lowest BCUT2D eigenvalue weighted by Crippen LogP contribution is -2.33. The zero-order chi connectivity index (χ0) is 20.0. The third-order valence-electron chi connectivity index (χ3n) is 4.91. The van der Waals surface area contributed by atoms with Crippen molar-refractivity contribution in [2.75, 3.05) is 36.0 Å². The first kappa shape index (κ1) is 22.9. The highest BCUT2D eigenvalue weighted by molar-refractivity contribution is 15.0.